The number of halogens is 1. The Bertz CT molecular complexity index is 454. The fourth-order valence-corrected chi connectivity index (χ4v) is 4.11. The molecule has 6 nitrogen and oxygen atoms in total. The van der Waals surface area contributed by atoms with E-state index >= 15 is 0 Å². The zero-order valence-corrected chi connectivity index (χ0v) is 20.2. The SMILES string of the molecule is CCNC(=NCCC(CC)N1CCCC1=O)NCCOC1CCCCCC1.I. The average Bonchev–Trinajstić information content (AvgIpc) is 2.93. The predicted octanol–water partition coefficient (Wildman–Crippen LogP) is 3.69. The number of carbonyl (C=O) groups excluding carboxylic acids is 1. The van der Waals surface area contributed by atoms with Crippen molar-refractivity contribution in [1.82, 2.24) is 15.5 Å². The molecule has 1 unspecified atom stereocenters. The van der Waals surface area contributed by atoms with Crippen molar-refractivity contribution >= 4 is 35.8 Å². The van der Waals surface area contributed by atoms with Crippen LogP contribution >= 0.6 is 24.0 Å². The minimum absolute atomic E-state index is 0. The molecule has 1 amide bonds. The average molecular weight is 508 g/mol. The van der Waals surface area contributed by atoms with E-state index in [1.807, 2.05) is 0 Å². The molecule has 0 bridgehead atoms. The lowest BCUT2D eigenvalue weighted by molar-refractivity contribution is -0.129. The van der Waals surface area contributed by atoms with Gasteiger partial charge in [0.1, 0.15) is 0 Å². The number of hydrogen-bond acceptors (Lipinski definition) is 3. The lowest BCUT2D eigenvalue weighted by Gasteiger charge is -2.26. The molecule has 1 atom stereocenters. The molecule has 0 aromatic carbocycles. The summed E-state index contributed by atoms with van der Waals surface area (Å²) in [6.45, 7) is 8.25. The molecule has 164 valence electrons. The van der Waals surface area contributed by atoms with E-state index in [9.17, 15) is 4.79 Å². The molecule has 2 fully saturated rings. The molecule has 7 heteroatoms. The second-order valence-electron chi connectivity index (χ2n) is 7.71. The van der Waals surface area contributed by atoms with Crippen LogP contribution < -0.4 is 10.6 Å². The quantitative estimate of drug-likeness (QED) is 0.155. The van der Waals surface area contributed by atoms with Gasteiger partial charge in [0.2, 0.25) is 5.91 Å². The van der Waals surface area contributed by atoms with E-state index in [0.29, 0.717) is 24.5 Å². The fourth-order valence-electron chi connectivity index (χ4n) is 4.11. The van der Waals surface area contributed by atoms with Gasteiger partial charge in [0.05, 0.1) is 12.7 Å². The maximum absolute atomic E-state index is 12.0. The predicted molar refractivity (Wildman–Crippen MR) is 126 cm³/mol. The molecular formula is C21H41IN4O2. The summed E-state index contributed by atoms with van der Waals surface area (Å²) in [6.07, 6.45) is 11.8. The molecule has 1 heterocycles. The van der Waals surface area contributed by atoms with Gasteiger partial charge in [0.25, 0.3) is 0 Å². The first-order valence-electron chi connectivity index (χ1n) is 11.2. The molecule has 2 rings (SSSR count). The number of rotatable bonds is 10. The summed E-state index contributed by atoms with van der Waals surface area (Å²) >= 11 is 0. The first-order valence-corrected chi connectivity index (χ1v) is 11.2. The van der Waals surface area contributed by atoms with Crippen molar-refractivity contribution < 1.29 is 9.53 Å². The number of aliphatic imine (C=N–C) groups is 1. The topological polar surface area (TPSA) is 66.0 Å². The Hall–Kier alpha value is -0.570. The molecule has 2 N–H and O–H groups in total. The van der Waals surface area contributed by atoms with Gasteiger partial charge in [-0.1, -0.05) is 32.6 Å². The number of likely N-dealkylation sites (tertiary alicyclic amines) is 1. The fraction of sp³-hybridized carbons (Fsp3) is 0.905. The van der Waals surface area contributed by atoms with Crippen LogP contribution in [0.4, 0.5) is 0 Å². The summed E-state index contributed by atoms with van der Waals surface area (Å²) in [7, 11) is 0. The van der Waals surface area contributed by atoms with Crippen molar-refractivity contribution in [2.24, 2.45) is 4.99 Å². The van der Waals surface area contributed by atoms with Crippen LogP contribution in [-0.2, 0) is 9.53 Å². The third kappa shape index (κ3) is 9.29. The highest BCUT2D eigenvalue weighted by Gasteiger charge is 2.26. The summed E-state index contributed by atoms with van der Waals surface area (Å²) in [5, 5.41) is 6.68. The van der Waals surface area contributed by atoms with Gasteiger partial charge in [-0.3, -0.25) is 9.79 Å². The van der Waals surface area contributed by atoms with Crippen LogP contribution in [0.15, 0.2) is 4.99 Å². The van der Waals surface area contributed by atoms with Crippen molar-refractivity contribution in [3.8, 4) is 0 Å². The van der Waals surface area contributed by atoms with E-state index in [2.05, 4.69) is 29.4 Å². The van der Waals surface area contributed by atoms with Crippen LogP contribution in [0.5, 0.6) is 0 Å². The molecule has 28 heavy (non-hydrogen) atoms. The van der Waals surface area contributed by atoms with E-state index in [0.717, 1.165) is 58.0 Å². The number of ether oxygens (including phenoxy) is 1. The zero-order valence-electron chi connectivity index (χ0n) is 17.9. The summed E-state index contributed by atoms with van der Waals surface area (Å²) in [6, 6.07) is 0.324. The Kier molecular flexibility index (Phi) is 13.9. The van der Waals surface area contributed by atoms with Crippen molar-refractivity contribution in [3.05, 3.63) is 0 Å². The lowest BCUT2D eigenvalue weighted by atomic mass is 10.1. The summed E-state index contributed by atoms with van der Waals surface area (Å²) < 4.78 is 6.04. The number of hydrogen-bond donors (Lipinski definition) is 2. The second kappa shape index (κ2) is 15.3. The van der Waals surface area contributed by atoms with E-state index in [4.69, 9.17) is 9.73 Å². The minimum Gasteiger partial charge on any atom is -0.376 e. The third-order valence-corrected chi connectivity index (χ3v) is 5.65. The number of carbonyl (C=O) groups is 1. The van der Waals surface area contributed by atoms with Gasteiger partial charge in [0, 0.05) is 38.6 Å². The van der Waals surface area contributed by atoms with Crippen molar-refractivity contribution in [3.63, 3.8) is 0 Å². The van der Waals surface area contributed by atoms with Gasteiger partial charge in [-0.05, 0) is 39.0 Å². The van der Waals surface area contributed by atoms with Crippen LogP contribution in [-0.4, -0.2) is 61.7 Å². The molecule has 1 aliphatic carbocycles. The van der Waals surface area contributed by atoms with Gasteiger partial charge >= 0.3 is 0 Å². The molecule has 0 radical (unpaired) electrons. The molecule has 0 aromatic rings. The third-order valence-electron chi connectivity index (χ3n) is 5.65. The molecule has 1 saturated carbocycles. The molecular weight excluding hydrogens is 467 g/mol. The molecule has 1 aliphatic heterocycles. The number of nitrogens with one attached hydrogen (secondary N) is 2. The highest BCUT2D eigenvalue weighted by atomic mass is 127. The highest BCUT2D eigenvalue weighted by Crippen LogP contribution is 2.19. The standard InChI is InChI=1S/C21H40N4O2.HI/c1-3-18(25-16-9-12-20(25)26)13-14-23-21(22-4-2)24-15-17-27-19-10-7-5-6-8-11-19;/h18-19H,3-17H2,1-2H3,(H2,22,23,24);1H. The van der Waals surface area contributed by atoms with Crippen LogP contribution in [0.25, 0.3) is 0 Å². The van der Waals surface area contributed by atoms with Crippen LogP contribution in [0, 0.1) is 0 Å². The molecule has 1 saturated heterocycles. The number of guanidine groups is 1. The first-order chi connectivity index (χ1) is 13.2. The van der Waals surface area contributed by atoms with Crippen LogP contribution in [0.3, 0.4) is 0 Å². The van der Waals surface area contributed by atoms with E-state index < -0.39 is 0 Å². The van der Waals surface area contributed by atoms with E-state index in [1.165, 1.54) is 38.5 Å². The lowest BCUT2D eigenvalue weighted by Crippen LogP contribution is -2.40. The summed E-state index contributed by atoms with van der Waals surface area (Å²) in [5.74, 6) is 1.16. The molecule has 0 spiro atoms. The van der Waals surface area contributed by atoms with Crippen LogP contribution in [0.1, 0.15) is 78.1 Å². The van der Waals surface area contributed by atoms with E-state index in [-0.39, 0.29) is 24.0 Å². The normalized spacial score (nSPS) is 19.9. The second-order valence-corrected chi connectivity index (χ2v) is 7.71. The smallest absolute Gasteiger partial charge is 0.222 e. The Morgan fingerprint density at radius 3 is 2.54 bits per heavy atom. The Morgan fingerprint density at radius 1 is 1.18 bits per heavy atom. The molecule has 0 aromatic heterocycles. The molecule has 2 aliphatic rings. The minimum atomic E-state index is 0. The van der Waals surface area contributed by atoms with Gasteiger partial charge in [0.15, 0.2) is 5.96 Å². The van der Waals surface area contributed by atoms with Crippen LogP contribution in [0.2, 0.25) is 0 Å². The number of amides is 1. The van der Waals surface area contributed by atoms with Gasteiger partial charge < -0.3 is 20.3 Å². The van der Waals surface area contributed by atoms with Crippen molar-refractivity contribution in [2.75, 3.05) is 32.8 Å². The maximum Gasteiger partial charge on any atom is 0.222 e. The summed E-state index contributed by atoms with van der Waals surface area (Å²) in [4.78, 5) is 18.7. The Balaban J connectivity index is 0.00000392. The Morgan fingerprint density at radius 2 is 1.93 bits per heavy atom. The van der Waals surface area contributed by atoms with Gasteiger partial charge in [-0.25, -0.2) is 0 Å². The summed E-state index contributed by atoms with van der Waals surface area (Å²) in [5.41, 5.74) is 0. The van der Waals surface area contributed by atoms with Crippen molar-refractivity contribution in [2.45, 2.75) is 90.2 Å². The monoisotopic (exact) mass is 508 g/mol. The van der Waals surface area contributed by atoms with Gasteiger partial charge in [-0.15, -0.1) is 24.0 Å². The first kappa shape index (κ1) is 25.5. The van der Waals surface area contributed by atoms with E-state index in [1.54, 1.807) is 0 Å². The maximum atomic E-state index is 12.0. The highest BCUT2D eigenvalue weighted by molar-refractivity contribution is 14.0. The number of nitrogens with zero attached hydrogens (tertiary/aromatic N) is 2. The largest absolute Gasteiger partial charge is 0.376 e. The Labute approximate surface area is 188 Å². The van der Waals surface area contributed by atoms with Gasteiger partial charge in [-0.2, -0.15) is 0 Å². The van der Waals surface area contributed by atoms with Crippen molar-refractivity contribution in [1.29, 1.82) is 0 Å². The zero-order chi connectivity index (χ0) is 19.3.